The first-order valence-electron chi connectivity index (χ1n) is 5.78. The predicted molar refractivity (Wildman–Crippen MR) is 86.0 cm³/mol. The molecule has 0 spiro atoms. The van der Waals surface area contributed by atoms with Crippen LogP contribution in [0.5, 0.6) is 0 Å². The van der Waals surface area contributed by atoms with Gasteiger partial charge in [-0.3, -0.25) is 4.79 Å². The molecule has 0 aliphatic carbocycles. The van der Waals surface area contributed by atoms with Gasteiger partial charge in [0.05, 0.1) is 16.7 Å². The minimum atomic E-state index is -0.0456. The second-order valence-electron chi connectivity index (χ2n) is 5.32. The minimum Gasteiger partial charge on any atom is -0.307 e. The number of rotatable bonds is 2. The Hall–Kier alpha value is -0.460. The summed E-state index contributed by atoms with van der Waals surface area (Å²) in [5, 5.41) is 3.00. The standard InChI is InChI=1S/C13H14Br2N2OS/c1-13(2,3)10-7-19-11(16-10)6-17-5-8(14)4-9(15)12(17)18/h4-5,7H,6H2,1-3H3. The van der Waals surface area contributed by atoms with E-state index in [0.717, 1.165) is 15.2 Å². The average Bonchev–Trinajstić information content (AvgIpc) is 2.73. The molecule has 0 N–H and O–H groups in total. The van der Waals surface area contributed by atoms with E-state index in [1.807, 2.05) is 0 Å². The fraction of sp³-hybridized carbons (Fsp3) is 0.385. The van der Waals surface area contributed by atoms with E-state index in [9.17, 15) is 4.79 Å². The van der Waals surface area contributed by atoms with Crippen LogP contribution in [-0.4, -0.2) is 9.55 Å². The van der Waals surface area contributed by atoms with Gasteiger partial charge in [-0.25, -0.2) is 4.98 Å². The minimum absolute atomic E-state index is 0.0393. The van der Waals surface area contributed by atoms with Crippen molar-refractivity contribution in [3.8, 4) is 0 Å². The first kappa shape index (κ1) is 14.9. The summed E-state index contributed by atoms with van der Waals surface area (Å²) < 4.78 is 3.07. The molecule has 0 aromatic carbocycles. The molecule has 102 valence electrons. The highest BCUT2D eigenvalue weighted by Gasteiger charge is 2.17. The van der Waals surface area contributed by atoms with Gasteiger partial charge in [0.25, 0.3) is 5.56 Å². The highest BCUT2D eigenvalue weighted by molar-refractivity contribution is 9.11. The summed E-state index contributed by atoms with van der Waals surface area (Å²) in [6, 6.07) is 1.75. The van der Waals surface area contributed by atoms with Crippen LogP contribution in [0.15, 0.2) is 31.4 Å². The molecule has 2 heterocycles. The Kier molecular flexibility index (Phi) is 4.32. The lowest BCUT2D eigenvalue weighted by Gasteiger charge is -2.14. The van der Waals surface area contributed by atoms with Crippen LogP contribution in [0.1, 0.15) is 31.5 Å². The normalized spacial score (nSPS) is 11.8. The van der Waals surface area contributed by atoms with Gasteiger partial charge in [-0.1, -0.05) is 20.8 Å². The number of pyridine rings is 1. The van der Waals surface area contributed by atoms with E-state index < -0.39 is 0 Å². The second kappa shape index (κ2) is 5.50. The molecule has 0 fully saturated rings. The Morgan fingerprint density at radius 2 is 2.05 bits per heavy atom. The molecular formula is C13H14Br2N2OS. The van der Waals surface area contributed by atoms with Gasteiger partial charge in [0, 0.05) is 21.5 Å². The zero-order valence-electron chi connectivity index (χ0n) is 10.9. The van der Waals surface area contributed by atoms with E-state index in [0.29, 0.717) is 11.0 Å². The van der Waals surface area contributed by atoms with Gasteiger partial charge in [0.1, 0.15) is 5.01 Å². The molecule has 0 saturated carbocycles. The Morgan fingerprint density at radius 1 is 1.37 bits per heavy atom. The Balaban J connectivity index is 2.32. The maximum Gasteiger partial charge on any atom is 0.265 e. The van der Waals surface area contributed by atoms with Crippen LogP contribution in [0.25, 0.3) is 0 Å². The third-order valence-electron chi connectivity index (χ3n) is 2.63. The van der Waals surface area contributed by atoms with E-state index in [1.165, 1.54) is 0 Å². The summed E-state index contributed by atoms with van der Waals surface area (Å²) in [5.74, 6) is 0. The monoisotopic (exact) mass is 404 g/mol. The first-order chi connectivity index (χ1) is 8.77. The molecule has 0 unspecified atom stereocenters. The Morgan fingerprint density at radius 3 is 2.63 bits per heavy atom. The number of aromatic nitrogens is 2. The highest BCUT2D eigenvalue weighted by Crippen LogP contribution is 2.24. The Bertz CT molecular complexity index is 655. The van der Waals surface area contributed by atoms with E-state index in [-0.39, 0.29) is 11.0 Å². The number of hydrogen-bond donors (Lipinski definition) is 0. The van der Waals surface area contributed by atoms with Crippen LogP contribution >= 0.6 is 43.2 Å². The average molecular weight is 406 g/mol. The zero-order valence-corrected chi connectivity index (χ0v) is 14.9. The maximum atomic E-state index is 12.0. The summed E-state index contributed by atoms with van der Waals surface area (Å²) in [5.41, 5.74) is 1.06. The van der Waals surface area contributed by atoms with Crippen molar-refractivity contribution in [2.24, 2.45) is 0 Å². The van der Waals surface area contributed by atoms with Crippen molar-refractivity contribution in [1.29, 1.82) is 0 Å². The molecule has 0 aliphatic rings. The van der Waals surface area contributed by atoms with Crippen LogP contribution in [-0.2, 0) is 12.0 Å². The van der Waals surface area contributed by atoms with Gasteiger partial charge in [0.2, 0.25) is 0 Å². The largest absolute Gasteiger partial charge is 0.307 e. The summed E-state index contributed by atoms with van der Waals surface area (Å²) >= 11 is 8.25. The van der Waals surface area contributed by atoms with Crippen LogP contribution in [0.3, 0.4) is 0 Å². The quantitative estimate of drug-likeness (QED) is 0.751. The van der Waals surface area contributed by atoms with Crippen molar-refractivity contribution >= 4 is 43.2 Å². The SMILES string of the molecule is CC(C)(C)c1csc(Cn2cc(Br)cc(Br)c2=O)n1. The summed E-state index contributed by atoms with van der Waals surface area (Å²) in [6.45, 7) is 6.90. The zero-order chi connectivity index (χ0) is 14.2. The first-order valence-corrected chi connectivity index (χ1v) is 8.24. The van der Waals surface area contributed by atoms with Gasteiger partial charge in [-0.15, -0.1) is 11.3 Å². The third-order valence-corrected chi connectivity index (χ3v) is 4.47. The van der Waals surface area contributed by atoms with Crippen molar-refractivity contribution in [3.63, 3.8) is 0 Å². The molecule has 2 rings (SSSR count). The second-order valence-corrected chi connectivity index (χ2v) is 8.03. The van der Waals surface area contributed by atoms with E-state index in [2.05, 4.69) is 63.0 Å². The van der Waals surface area contributed by atoms with Gasteiger partial charge in [0.15, 0.2) is 0 Å². The molecule has 0 radical (unpaired) electrons. The van der Waals surface area contributed by atoms with E-state index in [1.54, 1.807) is 28.2 Å². The van der Waals surface area contributed by atoms with E-state index >= 15 is 0 Å². The number of hydrogen-bond acceptors (Lipinski definition) is 3. The molecule has 0 aliphatic heterocycles. The highest BCUT2D eigenvalue weighted by atomic mass is 79.9. The lowest BCUT2D eigenvalue weighted by Crippen LogP contribution is -2.21. The van der Waals surface area contributed by atoms with Gasteiger partial charge in [-0.05, 0) is 37.9 Å². The van der Waals surface area contributed by atoms with Gasteiger partial charge < -0.3 is 4.57 Å². The number of nitrogens with zero attached hydrogens (tertiary/aromatic N) is 2. The molecular weight excluding hydrogens is 392 g/mol. The molecule has 0 bridgehead atoms. The predicted octanol–water partition coefficient (Wildman–Crippen LogP) is 4.18. The lowest BCUT2D eigenvalue weighted by molar-refractivity contribution is 0.569. The summed E-state index contributed by atoms with van der Waals surface area (Å²) in [7, 11) is 0. The van der Waals surface area contributed by atoms with Gasteiger partial charge in [-0.2, -0.15) is 0 Å². The molecule has 6 heteroatoms. The number of thiazole rings is 1. The van der Waals surface area contributed by atoms with Crippen LogP contribution in [0.4, 0.5) is 0 Å². The van der Waals surface area contributed by atoms with Crippen LogP contribution in [0, 0.1) is 0 Å². The Labute approximate surface area is 132 Å². The maximum absolute atomic E-state index is 12.0. The molecule has 0 saturated heterocycles. The van der Waals surface area contributed by atoms with Crippen molar-refractivity contribution in [2.75, 3.05) is 0 Å². The molecule has 2 aromatic rings. The molecule has 2 aromatic heterocycles. The van der Waals surface area contributed by atoms with Crippen molar-refractivity contribution in [3.05, 3.63) is 47.6 Å². The fourth-order valence-electron chi connectivity index (χ4n) is 1.56. The van der Waals surface area contributed by atoms with Crippen LogP contribution < -0.4 is 5.56 Å². The van der Waals surface area contributed by atoms with Gasteiger partial charge >= 0.3 is 0 Å². The van der Waals surface area contributed by atoms with Crippen LogP contribution in [0.2, 0.25) is 0 Å². The summed E-state index contributed by atoms with van der Waals surface area (Å²) in [6.07, 6.45) is 1.78. The molecule has 0 amide bonds. The molecule has 3 nitrogen and oxygen atoms in total. The van der Waals surface area contributed by atoms with Crippen molar-refractivity contribution in [1.82, 2.24) is 9.55 Å². The van der Waals surface area contributed by atoms with Crippen molar-refractivity contribution in [2.45, 2.75) is 32.7 Å². The topological polar surface area (TPSA) is 34.9 Å². The molecule has 19 heavy (non-hydrogen) atoms. The number of halogens is 2. The smallest absolute Gasteiger partial charge is 0.265 e. The molecule has 0 atom stereocenters. The fourth-order valence-corrected chi connectivity index (χ4v) is 3.83. The third kappa shape index (κ3) is 3.55. The summed E-state index contributed by atoms with van der Waals surface area (Å²) in [4.78, 5) is 16.6. The lowest BCUT2D eigenvalue weighted by atomic mass is 9.93. The van der Waals surface area contributed by atoms with Crippen molar-refractivity contribution < 1.29 is 0 Å². The van der Waals surface area contributed by atoms with E-state index in [4.69, 9.17) is 0 Å².